The fourth-order valence-corrected chi connectivity index (χ4v) is 3.01. The van der Waals surface area contributed by atoms with Gasteiger partial charge in [0, 0.05) is 18.7 Å². The molecule has 1 aromatic rings. The van der Waals surface area contributed by atoms with E-state index in [2.05, 4.69) is 0 Å². The summed E-state index contributed by atoms with van der Waals surface area (Å²) in [6.07, 6.45) is 0.632. The SMILES string of the molecule is Cc1ccc(F)c(CN2CCC(C(=O)O)(C(C)C)C2)c1. The molecule has 0 bridgehead atoms. The number of likely N-dealkylation sites (tertiary alicyclic amines) is 1. The highest BCUT2D eigenvalue weighted by atomic mass is 19.1. The van der Waals surface area contributed by atoms with Crippen LogP contribution in [0.25, 0.3) is 0 Å². The fraction of sp³-hybridized carbons (Fsp3) is 0.562. The third-order valence-electron chi connectivity index (χ3n) is 4.51. The summed E-state index contributed by atoms with van der Waals surface area (Å²) in [5.74, 6) is -0.875. The highest BCUT2D eigenvalue weighted by molar-refractivity contribution is 5.75. The van der Waals surface area contributed by atoms with Gasteiger partial charge in [0.15, 0.2) is 0 Å². The lowest BCUT2D eigenvalue weighted by Gasteiger charge is -2.29. The number of aliphatic carboxylic acids is 1. The third-order valence-corrected chi connectivity index (χ3v) is 4.51. The van der Waals surface area contributed by atoms with Crippen LogP contribution in [0.4, 0.5) is 4.39 Å². The van der Waals surface area contributed by atoms with Gasteiger partial charge >= 0.3 is 5.97 Å². The Morgan fingerprint density at radius 1 is 1.50 bits per heavy atom. The molecular formula is C16H22FNO2. The molecule has 110 valence electrons. The number of aryl methyl sites for hydroxylation is 1. The fourth-order valence-electron chi connectivity index (χ4n) is 3.01. The summed E-state index contributed by atoms with van der Waals surface area (Å²) in [5.41, 5.74) is 0.976. The Balaban J connectivity index is 2.14. The quantitative estimate of drug-likeness (QED) is 0.921. The average molecular weight is 279 g/mol. The van der Waals surface area contributed by atoms with Gasteiger partial charge in [0.2, 0.25) is 0 Å². The van der Waals surface area contributed by atoms with E-state index in [-0.39, 0.29) is 11.7 Å². The zero-order valence-corrected chi connectivity index (χ0v) is 12.3. The minimum Gasteiger partial charge on any atom is -0.481 e. The van der Waals surface area contributed by atoms with Gasteiger partial charge in [-0.15, -0.1) is 0 Å². The van der Waals surface area contributed by atoms with Crippen molar-refractivity contribution >= 4 is 5.97 Å². The molecule has 1 fully saturated rings. The summed E-state index contributed by atoms with van der Waals surface area (Å²) in [6, 6.07) is 5.07. The number of nitrogens with zero attached hydrogens (tertiary/aromatic N) is 1. The maximum atomic E-state index is 13.8. The smallest absolute Gasteiger partial charge is 0.311 e. The highest BCUT2D eigenvalue weighted by Gasteiger charge is 2.47. The molecule has 3 nitrogen and oxygen atoms in total. The van der Waals surface area contributed by atoms with Crippen LogP contribution in [0.3, 0.4) is 0 Å². The van der Waals surface area contributed by atoms with Crippen molar-refractivity contribution in [1.82, 2.24) is 4.90 Å². The van der Waals surface area contributed by atoms with E-state index in [0.29, 0.717) is 31.6 Å². The molecule has 1 aliphatic rings. The van der Waals surface area contributed by atoms with E-state index in [1.807, 2.05) is 31.7 Å². The van der Waals surface area contributed by atoms with Crippen LogP contribution in [0.15, 0.2) is 18.2 Å². The molecule has 0 radical (unpaired) electrons. The monoisotopic (exact) mass is 279 g/mol. The lowest BCUT2D eigenvalue weighted by atomic mass is 9.76. The molecule has 1 N–H and O–H groups in total. The molecule has 1 aliphatic heterocycles. The molecule has 1 saturated heterocycles. The minimum absolute atomic E-state index is 0.0763. The van der Waals surface area contributed by atoms with Crippen LogP contribution in [0.2, 0.25) is 0 Å². The minimum atomic E-state index is -0.736. The second-order valence-electron chi connectivity index (χ2n) is 6.17. The Morgan fingerprint density at radius 3 is 2.75 bits per heavy atom. The van der Waals surface area contributed by atoms with E-state index in [9.17, 15) is 14.3 Å². The van der Waals surface area contributed by atoms with Crippen molar-refractivity contribution in [3.63, 3.8) is 0 Å². The van der Waals surface area contributed by atoms with Gasteiger partial charge < -0.3 is 5.11 Å². The van der Waals surface area contributed by atoms with Crippen LogP contribution in [-0.2, 0) is 11.3 Å². The zero-order chi connectivity index (χ0) is 14.9. The number of carboxylic acid groups (broad SMARTS) is 1. The maximum Gasteiger partial charge on any atom is 0.311 e. The summed E-state index contributed by atoms with van der Waals surface area (Å²) in [7, 11) is 0. The number of carbonyl (C=O) groups is 1. The maximum absolute atomic E-state index is 13.8. The molecule has 0 spiro atoms. The van der Waals surface area contributed by atoms with Gasteiger partial charge in [-0.25, -0.2) is 4.39 Å². The first-order chi connectivity index (χ1) is 9.35. The molecule has 1 atom stereocenters. The van der Waals surface area contributed by atoms with E-state index in [0.717, 1.165) is 5.56 Å². The van der Waals surface area contributed by atoms with Crippen LogP contribution in [0, 0.1) is 24.1 Å². The van der Waals surface area contributed by atoms with Gasteiger partial charge in [-0.05, 0) is 31.9 Å². The summed E-state index contributed by atoms with van der Waals surface area (Å²) >= 11 is 0. The number of hydrogen-bond donors (Lipinski definition) is 1. The molecule has 0 amide bonds. The molecule has 0 aliphatic carbocycles. The topological polar surface area (TPSA) is 40.5 Å². The first-order valence-corrected chi connectivity index (χ1v) is 7.06. The van der Waals surface area contributed by atoms with E-state index < -0.39 is 11.4 Å². The van der Waals surface area contributed by atoms with Crippen molar-refractivity contribution in [3.8, 4) is 0 Å². The van der Waals surface area contributed by atoms with Gasteiger partial charge in [-0.1, -0.05) is 31.5 Å². The van der Waals surface area contributed by atoms with Crippen molar-refractivity contribution in [3.05, 3.63) is 35.1 Å². The summed E-state index contributed by atoms with van der Waals surface area (Å²) in [4.78, 5) is 13.6. The first-order valence-electron chi connectivity index (χ1n) is 7.06. The number of benzene rings is 1. The summed E-state index contributed by atoms with van der Waals surface area (Å²) in [6.45, 7) is 7.51. The van der Waals surface area contributed by atoms with E-state index in [4.69, 9.17) is 0 Å². The Bertz CT molecular complexity index is 515. The van der Waals surface area contributed by atoms with Crippen molar-refractivity contribution in [2.24, 2.45) is 11.3 Å². The number of hydrogen-bond acceptors (Lipinski definition) is 2. The van der Waals surface area contributed by atoms with Gasteiger partial charge in [0.05, 0.1) is 5.41 Å². The normalized spacial score (nSPS) is 23.4. The highest BCUT2D eigenvalue weighted by Crippen LogP contribution is 2.38. The number of rotatable bonds is 4. The van der Waals surface area contributed by atoms with Crippen molar-refractivity contribution in [2.75, 3.05) is 13.1 Å². The number of halogens is 1. The van der Waals surface area contributed by atoms with Crippen LogP contribution in [0.1, 0.15) is 31.4 Å². The Labute approximate surface area is 119 Å². The largest absolute Gasteiger partial charge is 0.481 e. The van der Waals surface area contributed by atoms with Gasteiger partial charge in [-0.3, -0.25) is 9.69 Å². The van der Waals surface area contributed by atoms with Gasteiger partial charge in [0.1, 0.15) is 5.82 Å². The molecule has 1 heterocycles. The second kappa shape index (κ2) is 5.52. The third kappa shape index (κ3) is 2.70. The average Bonchev–Trinajstić information content (AvgIpc) is 2.79. The van der Waals surface area contributed by atoms with Crippen molar-refractivity contribution < 1.29 is 14.3 Å². The predicted octanol–water partition coefficient (Wildman–Crippen LogP) is 3.07. The van der Waals surface area contributed by atoms with Crippen LogP contribution < -0.4 is 0 Å². The molecule has 4 heteroatoms. The Kier molecular flexibility index (Phi) is 4.14. The molecular weight excluding hydrogens is 257 g/mol. The lowest BCUT2D eigenvalue weighted by molar-refractivity contribution is -0.151. The molecule has 2 rings (SSSR count). The zero-order valence-electron chi connectivity index (χ0n) is 12.3. The standard InChI is InChI=1S/C16H22FNO2/c1-11(2)16(15(19)20)6-7-18(10-16)9-13-8-12(3)4-5-14(13)17/h4-5,8,11H,6-7,9-10H2,1-3H3,(H,19,20). The number of carboxylic acids is 1. The lowest BCUT2D eigenvalue weighted by Crippen LogP contribution is -2.39. The first kappa shape index (κ1) is 15.0. The van der Waals surface area contributed by atoms with Gasteiger partial charge in [0.25, 0.3) is 0 Å². The van der Waals surface area contributed by atoms with E-state index >= 15 is 0 Å². The van der Waals surface area contributed by atoms with Crippen molar-refractivity contribution in [2.45, 2.75) is 33.7 Å². The van der Waals surface area contributed by atoms with Crippen molar-refractivity contribution in [1.29, 1.82) is 0 Å². The predicted molar refractivity (Wildman–Crippen MR) is 75.9 cm³/mol. The molecule has 1 aromatic carbocycles. The molecule has 20 heavy (non-hydrogen) atoms. The molecule has 1 unspecified atom stereocenters. The Hall–Kier alpha value is -1.42. The summed E-state index contributed by atoms with van der Waals surface area (Å²) < 4.78 is 13.8. The van der Waals surface area contributed by atoms with E-state index in [1.54, 1.807) is 6.07 Å². The summed E-state index contributed by atoms with van der Waals surface area (Å²) in [5, 5.41) is 9.52. The van der Waals surface area contributed by atoms with Crippen LogP contribution >= 0.6 is 0 Å². The molecule has 0 saturated carbocycles. The van der Waals surface area contributed by atoms with E-state index in [1.165, 1.54) is 6.07 Å². The Morgan fingerprint density at radius 2 is 2.20 bits per heavy atom. The second-order valence-corrected chi connectivity index (χ2v) is 6.17. The molecule has 0 aromatic heterocycles. The van der Waals surface area contributed by atoms with Crippen LogP contribution in [0.5, 0.6) is 0 Å². The van der Waals surface area contributed by atoms with Crippen LogP contribution in [-0.4, -0.2) is 29.1 Å². The van der Waals surface area contributed by atoms with Gasteiger partial charge in [-0.2, -0.15) is 0 Å².